The van der Waals surface area contributed by atoms with Crippen molar-refractivity contribution in [1.82, 2.24) is 4.84 Å². The highest BCUT2D eigenvalue weighted by Gasteiger charge is 2.43. The molecule has 0 aromatic heterocycles. The van der Waals surface area contributed by atoms with Gasteiger partial charge in [-0.25, -0.2) is 4.84 Å². The highest BCUT2D eigenvalue weighted by molar-refractivity contribution is 6.13. The average molecular weight is 214 g/mol. The van der Waals surface area contributed by atoms with E-state index in [1.807, 2.05) is 0 Å². The van der Waals surface area contributed by atoms with Crippen LogP contribution in [0.15, 0.2) is 0 Å². The van der Waals surface area contributed by atoms with E-state index >= 15 is 0 Å². The molecule has 0 aromatic rings. The molecule has 0 aromatic carbocycles. The van der Waals surface area contributed by atoms with Gasteiger partial charge in [-0.1, -0.05) is 0 Å². The molecule has 0 spiro atoms. The van der Waals surface area contributed by atoms with Crippen LogP contribution in [0.3, 0.4) is 0 Å². The Balaban J connectivity index is 2.66. The summed E-state index contributed by atoms with van der Waals surface area (Å²) in [7, 11) is 0. The molecule has 78 valence electrons. The standard InChI is InChI=1S/C6H12ClNO5/c7-8-3-5(11)4(10)2(1-9)13-6(3)12/h2-6,8-12H,1H2/t2?,3?,4-,5?,6-/m0/s1. The lowest BCUT2D eigenvalue weighted by atomic mass is 9.98. The second kappa shape index (κ2) is 4.52. The highest BCUT2D eigenvalue weighted by atomic mass is 35.5. The molecule has 1 fully saturated rings. The normalized spacial score (nSPS) is 46.4. The number of nitrogens with one attached hydrogen (secondary N) is 1. The van der Waals surface area contributed by atoms with Crippen LogP contribution in [0.4, 0.5) is 0 Å². The van der Waals surface area contributed by atoms with E-state index in [9.17, 15) is 15.3 Å². The number of halogens is 1. The van der Waals surface area contributed by atoms with Gasteiger partial charge >= 0.3 is 0 Å². The molecule has 1 saturated heterocycles. The first kappa shape index (κ1) is 11.1. The van der Waals surface area contributed by atoms with E-state index in [-0.39, 0.29) is 0 Å². The Hall–Kier alpha value is 0.0500. The summed E-state index contributed by atoms with van der Waals surface area (Å²) in [5.41, 5.74) is 0. The fourth-order valence-electron chi connectivity index (χ4n) is 1.21. The van der Waals surface area contributed by atoms with Crippen molar-refractivity contribution >= 4 is 11.8 Å². The van der Waals surface area contributed by atoms with Crippen LogP contribution in [-0.2, 0) is 4.74 Å². The van der Waals surface area contributed by atoms with Crippen molar-refractivity contribution < 1.29 is 25.2 Å². The fourth-order valence-corrected chi connectivity index (χ4v) is 1.45. The van der Waals surface area contributed by atoms with Crippen molar-refractivity contribution in [3.8, 4) is 0 Å². The van der Waals surface area contributed by atoms with E-state index in [1.54, 1.807) is 0 Å². The number of aliphatic hydroxyl groups excluding tert-OH is 4. The van der Waals surface area contributed by atoms with E-state index in [2.05, 4.69) is 4.84 Å². The molecule has 0 radical (unpaired) electrons. The molecular weight excluding hydrogens is 202 g/mol. The fraction of sp³-hybridized carbons (Fsp3) is 1.00. The molecule has 7 heteroatoms. The van der Waals surface area contributed by atoms with Crippen LogP contribution < -0.4 is 4.84 Å². The molecule has 5 atom stereocenters. The number of ether oxygens (including phenoxy) is 1. The van der Waals surface area contributed by atoms with Crippen LogP contribution in [0.1, 0.15) is 0 Å². The van der Waals surface area contributed by atoms with Crippen molar-refractivity contribution in [2.75, 3.05) is 6.61 Å². The number of hydrogen-bond donors (Lipinski definition) is 5. The largest absolute Gasteiger partial charge is 0.394 e. The number of hydrogen-bond acceptors (Lipinski definition) is 6. The van der Waals surface area contributed by atoms with Gasteiger partial charge < -0.3 is 25.2 Å². The zero-order chi connectivity index (χ0) is 10.0. The van der Waals surface area contributed by atoms with Gasteiger partial charge in [0.25, 0.3) is 0 Å². The summed E-state index contributed by atoms with van der Waals surface area (Å²) in [5, 5.41) is 36.6. The predicted octanol–water partition coefficient (Wildman–Crippen LogP) is -2.47. The van der Waals surface area contributed by atoms with Crippen LogP contribution >= 0.6 is 11.8 Å². The summed E-state index contributed by atoms with van der Waals surface area (Å²) in [6, 6.07) is -0.973. The molecule has 1 aliphatic heterocycles. The van der Waals surface area contributed by atoms with E-state index in [4.69, 9.17) is 21.6 Å². The zero-order valence-electron chi connectivity index (χ0n) is 6.67. The Morgan fingerprint density at radius 1 is 1.23 bits per heavy atom. The van der Waals surface area contributed by atoms with Crippen molar-refractivity contribution in [3.05, 3.63) is 0 Å². The predicted molar refractivity (Wildman–Crippen MR) is 42.8 cm³/mol. The monoisotopic (exact) mass is 213 g/mol. The Bertz CT molecular complexity index is 171. The first-order valence-electron chi connectivity index (χ1n) is 3.78. The Morgan fingerprint density at radius 3 is 2.31 bits per heavy atom. The lowest BCUT2D eigenvalue weighted by Crippen LogP contribution is -2.61. The first-order chi connectivity index (χ1) is 6.11. The number of aliphatic hydroxyl groups is 4. The second-order valence-corrected chi connectivity index (χ2v) is 3.08. The van der Waals surface area contributed by atoms with Crippen LogP contribution in [0.2, 0.25) is 0 Å². The molecular formula is C6H12ClNO5. The van der Waals surface area contributed by atoms with E-state index < -0.39 is 37.3 Å². The molecule has 0 aliphatic carbocycles. The van der Waals surface area contributed by atoms with Crippen LogP contribution in [0.5, 0.6) is 0 Å². The summed E-state index contributed by atoms with van der Waals surface area (Å²) < 4.78 is 4.77. The maximum absolute atomic E-state index is 9.36. The first-order valence-corrected chi connectivity index (χ1v) is 4.16. The highest BCUT2D eigenvalue weighted by Crippen LogP contribution is 2.19. The zero-order valence-corrected chi connectivity index (χ0v) is 7.42. The smallest absolute Gasteiger partial charge is 0.174 e. The third kappa shape index (κ3) is 2.10. The van der Waals surface area contributed by atoms with Crippen molar-refractivity contribution in [2.24, 2.45) is 0 Å². The lowest BCUT2D eigenvalue weighted by Gasteiger charge is -2.39. The van der Waals surface area contributed by atoms with Gasteiger partial charge in [0.15, 0.2) is 6.29 Å². The van der Waals surface area contributed by atoms with E-state index in [0.29, 0.717) is 0 Å². The maximum atomic E-state index is 9.36. The molecule has 5 N–H and O–H groups in total. The minimum Gasteiger partial charge on any atom is -0.394 e. The van der Waals surface area contributed by atoms with Gasteiger partial charge in [-0.2, -0.15) is 0 Å². The molecule has 1 rings (SSSR count). The molecule has 0 bridgehead atoms. The van der Waals surface area contributed by atoms with Gasteiger partial charge in [0.2, 0.25) is 0 Å². The molecule has 1 aliphatic rings. The average Bonchev–Trinajstić information content (AvgIpc) is 2.12. The Morgan fingerprint density at radius 2 is 1.85 bits per heavy atom. The van der Waals surface area contributed by atoms with Gasteiger partial charge in [-0.05, 0) is 11.8 Å². The molecule has 0 amide bonds. The van der Waals surface area contributed by atoms with E-state index in [0.717, 1.165) is 0 Å². The van der Waals surface area contributed by atoms with Gasteiger partial charge in [0.05, 0.1) is 6.61 Å². The Labute approximate surface area is 79.8 Å². The number of rotatable bonds is 2. The Kier molecular flexibility index (Phi) is 3.87. The third-order valence-electron chi connectivity index (χ3n) is 2.03. The van der Waals surface area contributed by atoms with Gasteiger partial charge in [0, 0.05) is 0 Å². The minimum absolute atomic E-state index is 0.482. The minimum atomic E-state index is -1.35. The van der Waals surface area contributed by atoms with Crippen LogP contribution in [0.25, 0.3) is 0 Å². The summed E-state index contributed by atoms with van der Waals surface area (Å²) in [6.45, 7) is -0.482. The van der Waals surface area contributed by atoms with Gasteiger partial charge in [0.1, 0.15) is 24.4 Å². The lowest BCUT2D eigenvalue weighted by molar-refractivity contribution is -0.251. The molecule has 1 heterocycles. The second-order valence-electron chi connectivity index (χ2n) is 2.86. The quantitative estimate of drug-likeness (QED) is 0.326. The van der Waals surface area contributed by atoms with Crippen molar-refractivity contribution in [1.29, 1.82) is 0 Å². The van der Waals surface area contributed by atoms with Gasteiger partial charge in [-0.3, -0.25) is 0 Å². The van der Waals surface area contributed by atoms with E-state index in [1.165, 1.54) is 0 Å². The summed E-state index contributed by atoms with van der Waals surface area (Å²) in [4.78, 5) is 2.08. The van der Waals surface area contributed by atoms with Crippen molar-refractivity contribution in [2.45, 2.75) is 30.6 Å². The molecule has 13 heavy (non-hydrogen) atoms. The molecule has 0 saturated carbocycles. The topological polar surface area (TPSA) is 102 Å². The summed E-state index contributed by atoms with van der Waals surface area (Å²) >= 11 is 5.20. The maximum Gasteiger partial charge on any atom is 0.174 e. The summed E-state index contributed by atoms with van der Waals surface area (Å²) in [6.07, 6.45) is -4.90. The van der Waals surface area contributed by atoms with Crippen LogP contribution in [-0.4, -0.2) is 57.7 Å². The molecule has 3 unspecified atom stereocenters. The third-order valence-corrected chi connectivity index (χ3v) is 2.28. The summed E-state index contributed by atoms with van der Waals surface area (Å²) in [5.74, 6) is 0. The molecule has 6 nitrogen and oxygen atoms in total. The van der Waals surface area contributed by atoms with Crippen molar-refractivity contribution in [3.63, 3.8) is 0 Å². The van der Waals surface area contributed by atoms with Gasteiger partial charge in [-0.15, -0.1) is 0 Å². The SMILES string of the molecule is OCC1O[C@H](O)C(NCl)C(O)[C@H]1O. The van der Waals surface area contributed by atoms with Crippen LogP contribution in [0, 0.1) is 0 Å².